The van der Waals surface area contributed by atoms with Gasteiger partial charge in [0, 0.05) is 16.9 Å². The Kier molecular flexibility index (Phi) is 4.80. The molecule has 20 heavy (non-hydrogen) atoms. The summed E-state index contributed by atoms with van der Waals surface area (Å²) in [5.41, 5.74) is 1.48. The van der Waals surface area contributed by atoms with E-state index in [0.717, 1.165) is 10.6 Å². The predicted molar refractivity (Wildman–Crippen MR) is 79.0 cm³/mol. The number of hydrogen-bond acceptors (Lipinski definition) is 5. The van der Waals surface area contributed by atoms with Crippen molar-refractivity contribution in [2.75, 3.05) is 6.61 Å². The van der Waals surface area contributed by atoms with Crippen LogP contribution in [-0.4, -0.2) is 16.7 Å². The maximum Gasteiger partial charge on any atom is 0.294 e. The minimum Gasteiger partial charge on any atom is -0.314 e. The fraction of sp³-hybridized carbons (Fsp3) is 0.250. The zero-order valence-corrected chi connectivity index (χ0v) is 12.8. The third-order valence-corrected chi connectivity index (χ3v) is 4.46. The van der Waals surface area contributed by atoms with Crippen LogP contribution in [0.15, 0.2) is 18.2 Å². The molecule has 0 aliphatic rings. The first kappa shape index (κ1) is 15.0. The second-order valence-corrected chi connectivity index (χ2v) is 5.83. The molecule has 0 aliphatic heterocycles. The predicted octanol–water partition coefficient (Wildman–Crippen LogP) is 4.18. The van der Waals surface area contributed by atoms with Gasteiger partial charge in [-0.2, -0.15) is 0 Å². The Hall–Kier alpha value is -1.37. The summed E-state index contributed by atoms with van der Waals surface area (Å²) in [5.74, 6) is 0. The standard InChI is InChI=1S/C12H10Cl2N2O3S/c1-7-10(5-6-19-16(17)18)20-12(15-7)11-8(13)3-2-4-9(11)14/h2-4H,5-6H2,1H3. The zero-order valence-electron chi connectivity index (χ0n) is 10.4. The number of thiazole rings is 1. The number of nitrogens with zero attached hydrogens (tertiary/aromatic N) is 2. The van der Waals surface area contributed by atoms with Gasteiger partial charge in [-0.1, -0.05) is 29.3 Å². The first-order valence-electron chi connectivity index (χ1n) is 5.67. The highest BCUT2D eigenvalue weighted by atomic mass is 35.5. The number of rotatable bonds is 5. The third-order valence-electron chi connectivity index (χ3n) is 2.60. The molecule has 2 rings (SSSR count). The number of aryl methyl sites for hydroxylation is 1. The minimum absolute atomic E-state index is 0.00568. The third kappa shape index (κ3) is 3.39. The molecule has 0 fully saturated rings. The van der Waals surface area contributed by atoms with E-state index in [1.54, 1.807) is 18.2 Å². The van der Waals surface area contributed by atoms with Crippen molar-refractivity contribution in [2.24, 2.45) is 0 Å². The highest BCUT2D eigenvalue weighted by Gasteiger charge is 2.15. The first-order valence-corrected chi connectivity index (χ1v) is 7.24. The van der Waals surface area contributed by atoms with Gasteiger partial charge in [-0.05, 0) is 19.1 Å². The lowest BCUT2D eigenvalue weighted by Gasteiger charge is -2.02. The molecule has 2 aromatic rings. The summed E-state index contributed by atoms with van der Waals surface area (Å²) >= 11 is 13.7. The smallest absolute Gasteiger partial charge is 0.294 e. The number of aromatic nitrogens is 1. The Morgan fingerprint density at radius 3 is 2.65 bits per heavy atom. The Balaban J connectivity index is 2.25. The van der Waals surface area contributed by atoms with Crippen LogP contribution in [0.1, 0.15) is 10.6 Å². The van der Waals surface area contributed by atoms with Crippen LogP contribution in [-0.2, 0) is 11.3 Å². The Bertz CT molecular complexity index is 625. The molecule has 1 heterocycles. The molecule has 8 heteroatoms. The van der Waals surface area contributed by atoms with Crippen molar-refractivity contribution in [2.45, 2.75) is 13.3 Å². The van der Waals surface area contributed by atoms with Gasteiger partial charge in [0.2, 0.25) is 0 Å². The lowest BCUT2D eigenvalue weighted by atomic mass is 10.2. The number of hydrogen-bond donors (Lipinski definition) is 0. The molecule has 1 aromatic carbocycles. The quantitative estimate of drug-likeness (QED) is 0.608. The van der Waals surface area contributed by atoms with Crippen LogP contribution in [0.5, 0.6) is 0 Å². The van der Waals surface area contributed by atoms with Gasteiger partial charge >= 0.3 is 0 Å². The molecule has 0 amide bonds. The van der Waals surface area contributed by atoms with E-state index in [1.807, 2.05) is 6.92 Å². The normalized spacial score (nSPS) is 10.6. The van der Waals surface area contributed by atoms with E-state index in [1.165, 1.54) is 11.3 Å². The minimum atomic E-state index is -0.803. The van der Waals surface area contributed by atoms with Gasteiger partial charge in [0.25, 0.3) is 5.09 Å². The topological polar surface area (TPSA) is 65.3 Å². The van der Waals surface area contributed by atoms with E-state index in [4.69, 9.17) is 23.2 Å². The van der Waals surface area contributed by atoms with Crippen LogP contribution in [0.25, 0.3) is 10.6 Å². The number of benzene rings is 1. The molecule has 0 N–H and O–H groups in total. The Morgan fingerprint density at radius 1 is 1.40 bits per heavy atom. The Morgan fingerprint density at radius 2 is 2.05 bits per heavy atom. The highest BCUT2D eigenvalue weighted by molar-refractivity contribution is 7.15. The lowest BCUT2D eigenvalue weighted by molar-refractivity contribution is -0.757. The first-order chi connectivity index (χ1) is 9.49. The molecule has 0 atom stereocenters. The Labute approximate surface area is 129 Å². The monoisotopic (exact) mass is 332 g/mol. The molecule has 0 unspecified atom stereocenters. The number of halogens is 2. The van der Waals surface area contributed by atoms with Crippen LogP contribution >= 0.6 is 34.5 Å². The summed E-state index contributed by atoms with van der Waals surface area (Å²) in [6, 6.07) is 5.25. The summed E-state index contributed by atoms with van der Waals surface area (Å²) in [7, 11) is 0. The molecule has 0 spiro atoms. The highest BCUT2D eigenvalue weighted by Crippen LogP contribution is 2.37. The molecule has 5 nitrogen and oxygen atoms in total. The van der Waals surface area contributed by atoms with Crippen molar-refractivity contribution in [3.05, 3.63) is 48.9 Å². The van der Waals surface area contributed by atoms with E-state index in [2.05, 4.69) is 9.82 Å². The van der Waals surface area contributed by atoms with E-state index in [0.29, 0.717) is 27.0 Å². The maximum atomic E-state index is 10.1. The average Bonchev–Trinajstić information content (AvgIpc) is 2.70. The van der Waals surface area contributed by atoms with Gasteiger partial charge in [-0.3, -0.25) is 0 Å². The SMILES string of the molecule is Cc1nc(-c2c(Cl)cccc2Cl)sc1CCO[N+](=O)[O-]. The van der Waals surface area contributed by atoms with Crippen molar-refractivity contribution in [1.29, 1.82) is 0 Å². The second-order valence-electron chi connectivity index (χ2n) is 3.93. The molecule has 0 radical (unpaired) electrons. The molecular formula is C12H10Cl2N2O3S. The van der Waals surface area contributed by atoms with Crippen LogP contribution in [0.3, 0.4) is 0 Å². The second kappa shape index (κ2) is 6.39. The summed E-state index contributed by atoms with van der Waals surface area (Å²) in [6.07, 6.45) is 0.423. The fourth-order valence-corrected chi connectivity index (χ4v) is 3.49. The lowest BCUT2D eigenvalue weighted by Crippen LogP contribution is -2.04. The van der Waals surface area contributed by atoms with Crippen LogP contribution in [0.4, 0.5) is 0 Å². The summed E-state index contributed by atoms with van der Waals surface area (Å²) in [6.45, 7) is 1.85. The van der Waals surface area contributed by atoms with Crippen molar-refractivity contribution in [3.8, 4) is 10.6 Å². The van der Waals surface area contributed by atoms with E-state index < -0.39 is 5.09 Å². The molecule has 0 saturated heterocycles. The molecular weight excluding hydrogens is 323 g/mol. The van der Waals surface area contributed by atoms with Crippen molar-refractivity contribution < 1.29 is 9.92 Å². The molecule has 0 aliphatic carbocycles. The summed E-state index contributed by atoms with van der Waals surface area (Å²) in [5, 5.41) is 11.1. The fourth-order valence-electron chi connectivity index (χ4n) is 1.68. The zero-order chi connectivity index (χ0) is 14.7. The van der Waals surface area contributed by atoms with Gasteiger partial charge in [0.1, 0.15) is 11.6 Å². The van der Waals surface area contributed by atoms with Crippen molar-refractivity contribution in [3.63, 3.8) is 0 Å². The van der Waals surface area contributed by atoms with Gasteiger partial charge in [0.05, 0.1) is 15.7 Å². The molecule has 1 aromatic heterocycles. The molecule has 106 valence electrons. The van der Waals surface area contributed by atoms with Crippen LogP contribution in [0, 0.1) is 17.0 Å². The van der Waals surface area contributed by atoms with Crippen molar-refractivity contribution in [1.82, 2.24) is 4.98 Å². The van der Waals surface area contributed by atoms with Gasteiger partial charge < -0.3 is 4.84 Å². The van der Waals surface area contributed by atoms with E-state index in [9.17, 15) is 10.1 Å². The average molecular weight is 333 g/mol. The summed E-state index contributed by atoms with van der Waals surface area (Å²) in [4.78, 5) is 19.8. The van der Waals surface area contributed by atoms with E-state index >= 15 is 0 Å². The molecule has 0 saturated carbocycles. The van der Waals surface area contributed by atoms with E-state index in [-0.39, 0.29) is 6.61 Å². The largest absolute Gasteiger partial charge is 0.314 e. The molecule has 0 bridgehead atoms. The van der Waals surface area contributed by atoms with Crippen LogP contribution < -0.4 is 0 Å². The van der Waals surface area contributed by atoms with Gasteiger partial charge in [-0.15, -0.1) is 21.5 Å². The van der Waals surface area contributed by atoms with Crippen LogP contribution in [0.2, 0.25) is 10.0 Å². The van der Waals surface area contributed by atoms with Crippen molar-refractivity contribution >= 4 is 34.5 Å². The van der Waals surface area contributed by atoms with Gasteiger partial charge in [0.15, 0.2) is 0 Å². The maximum absolute atomic E-state index is 10.1. The summed E-state index contributed by atoms with van der Waals surface area (Å²) < 4.78 is 0. The van der Waals surface area contributed by atoms with Gasteiger partial charge in [-0.25, -0.2) is 4.98 Å².